The van der Waals surface area contributed by atoms with Crippen LogP contribution in [-0.4, -0.2) is 33.7 Å². The molecule has 4 rings (SSSR count). The van der Waals surface area contributed by atoms with Crippen molar-refractivity contribution in [1.82, 2.24) is 20.2 Å². The number of aromatic nitrogens is 2. The van der Waals surface area contributed by atoms with Crippen molar-refractivity contribution in [2.45, 2.75) is 26.0 Å². The standard InChI is InChI=1S/C22H21Cl3N4O.ClH/c1-14-20(22(30)27-28-11-3-2-4-12-28)26-29(19-10-9-17(24)13-18(19)25)21(14)15-5-7-16(23)8-6-15;/h5-10,13H,2-4,11-12H2,1H3,(H,27,30);1H/i2D2,3D2,4D2,11D2,12D2;. The summed E-state index contributed by atoms with van der Waals surface area (Å²) >= 11 is 18.5. The average molecular weight is 510 g/mol. The molecule has 0 unspecified atom stereocenters. The van der Waals surface area contributed by atoms with Crippen LogP contribution in [0.25, 0.3) is 16.9 Å². The van der Waals surface area contributed by atoms with Gasteiger partial charge in [0.15, 0.2) is 5.69 Å². The fraction of sp³-hybridized carbons (Fsp3) is 0.273. The van der Waals surface area contributed by atoms with Crippen molar-refractivity contribution in [3.8, 4) is 16.9 Å². The van der Waals surface area contributed by atoms with Gasteiger partial charge < -0.3 is 0 Å². The van der Waals surface area contributed by atoms with Gasteiger partial charge in [0, 0.05) is 47.9 Å². The van der Waals surface area contributed by atoms with Crippen molar-refractivity contribution in [2.75, 3.05) is 13.0 Å². The van der Waals surface area contributed by atoms with E-state index in [-0.39, 0.29) is 33.7 Å². The van der Waals surface area contributed by atoms with E-state index in [0.717, 1.165) is 0 Å². The number of carbonyl (C=O) groups is 1. The number of piperidine rings is 1. The molecule has 3 aromatic rings. The van der Waals surface area contributed by atoms with Crippen LogP contribution in [0, 0.1) is 6.92 Å². The van der Waals surface area contributed by atoms with Crippen molar-refractivity contribution in [3.05, 3.63) is 68.8 Å². The van der Waals surface area contributed by atoms with Crippen LogP contribution < -0.4 is 5.43 Å². The van der Waals surface area contributed by atoms with Crippen LogP contribution in [0.15, 0.2) is 42.5 Å². The summed E-state index contributed by atoms with van der Waals surface area (Å²) in [5, 5.41) is 5.12. The van der Waals surface area contributed by atoms with E-state index < -0.39 is 38.0 Å². The normalized spacial score (nSPS) is 27.1. The highest BCUT2D eigenvalue weighted by Crippen LogP contribution is 2.33. The van der Waals surface area contributed by atoms with Gasteiger partial charge in [0.2, 0.25) is 0 Å². The highest BCUT2D eigenvalue weighted by molar-refractivity contribution is 6.35. The number of rotatable bonds is 4. The predicted octanol–water partition coefficient (Wildman–Crippen LogP) is 6.36. The Kier molecular flexibility index (Phi) is 4.53. The Balaban J connectivity index is 0.00000462. The summed E-state index contributed by atoms with van der Waals surface area (Å²) in [6.45, 7) is -5.57. The average Bonchev–Trinajstić information content (AvgIpc) is 3.18. The molecule has 2 heterocycles. The zero-order chi connectivity index (χ0) is 30.2. The molecule has 1 N–H and O–H groups in total. The first kappa shape index (κ1) is 13.7. The van der Waals surface area contributed by atoms with Crippen molar-refractivity contribution >= 4 is 53.1 Å². The number of hydrazine groups is 1. The minimum atomic E-state index is -3.63. The zero-order valence-corrected chi connectivity index (χ0v) is 18.9. The molecule has 0 saturated carbocycles. The number of hydrogen-bond donors (Lipinski definition) is 1. The summed E-state index contributed by atoms with van der Waals surface area (Å²) in [6.07, 6.45) is -10.8. The summed E-state index contributed by atoms with van der Waals surface area (Å²) in [6, 6.07) is 11.1. The molecule has 164 valence electrons. The first-order valence-electron chi connectivity index (χ1n) is 13.6. The highest BCUT2D eigenvalue weighted by Gasteiger charge is 2.24. The van der Waals surface area contributed by atoms with E-state index >= 15 is 0 Å². The van der Waals surface area contributed by atoms with Crippen molar-refractivity contribution < 1.29 is 18.5 Å². The lowest BCUT2D eigenvalue weighted by Crippen LogP contribution is -2.45. The second-order valence-corrected chi connectivity index (χ2v) is 7.49. The number of nitrogens with one attached hydrogen (secondary N) is 1. The van der Waals surface area contributed by atoms with Gasteiger partial charge in [-0.1, -0.05) is 53.3 Å². The van der Waals surface area contributed by atoms with Crippen molar-refractivity contribution in [2.24, 2.45) is 0 Å². The molecule has 0 aliphatic carbocycles. The Labute approximate surface area is 216 Å². The lowest BCUT2D eigenvalue weighted by molar-refractivity contribution is 0.0743. The molecule has 1 amide bonds. The van der Waals surface area contributed by atoms with E-state index in [9.17, 15) is 4.79 Å². The Morgan fingerprint density at radius 3 is 2.32 bits per heavy atom. The molecule has 1 saturated heterocycles. The number of benzene rings is 2. The molecule has 2 aromatic carbocycles. The summed E-state index contributed by atoms with van der Waals surface area (Å²) in [4.78, 5) is 13.5. The SMILES string of the molecule is Cl.[2H]C1([2H])N(NC(=O)c2nn(-c3ccc(Cl)cc3Cl)c(-c3ccc(Cl)cc3)c2C)C([2H])([2H])C([2H])([2H])C([2H])([2H])C1([2H])[2H]. The Hall–Kier alpha value is -1.76. The summed E-state index contributed by atoms with van der Waals surface area (Å²) in [7, 11) is 0. The molecule has 0 bridgehead atoms. The van der Waals surface area contributed by atoms with Crippen LogP contribution in [-0.2, 0) is 0 Å². The third kappa shape index (κ3) is 5.18. The van der Waals surface area contributed by atoms with Gasteiger partial charge in [-0.2, -0.15) is 5.10 Å². The van der Waals surface area contributed by atoms with Crippen molar-refractivity contribution in [1.29, 1.82) is 0 Å². The maximum Gasteiger partial charge on any atom is 0.286 e. The van der Waals surface area contributed by atoms with E-state index in [2.05, 4.69) is 5.10 Å². The van der Waals surface area contributed by atoms with E-state index in [0.29, 0.717) is 27.0 Å². The molecule has 0 atom stereocenters. The summed E-state index contributed by atoms with van der Waals surface area (Å²) < 4.78 is 82.5. The molecular weight excluding hydrogens is 478 g/mol. The zero-order valence-electron chi connectivity index (χ0n) is 25.8. The molecule has 5 nitrogen and oxygen atoms in total. The van der Waals surface area contributed by atoms with Gasteiger partial charge in [0.1, 0.15) is 0 Å². The molecule has 1 aromatic heterocycles. The number of halogens is 4. The van der Waals surface area contributed by atoms with E-state index in [1.54, 1.807) is 36.4 Å². The highest BCUT2D eigenvalue weighted by atomic mass is 35.5. The largest absolute Gasteiger partial charge is 0.286 e. The monoisotopic (exact) mass is 508 g/mol. The van der Waals surface area contributed by atoms with E-state index in [1.165, 1.54) is 17.7 Å². The third-order valence-electron chi connectivity index (χ3n) is 4.27. The van der Waals surface area contributed by atoms with Crippen LogP contribution in [0.2, 0.25) is 15.1 Å². The quantitative estimate of drug-likeness (QED) is 0.445. The Bertz CT molecular complexity index is 1470. The van der Waals surface area contributed by atoms with Gasteiger partial charge in [0.05, 0.1) is 16.4 Å². The second-order valence-electron chi connectivity index (χ2n) is 6.21. The van der Waals surface area contributed by atoms with Crippen LogP contribution in [0.5, 0.6) is 0 Å². The molecule has 1 aliphatic rings. The number of nitrogens with zero attached hydrogens (tertiary/aromatic N) is 3. The van der Waals surface area contributed by atoms with Crippen molar-refractivity contribution in [3.63, 3.8) is 0 Å². The molecular formula is C22H22Cl4N4O. The van der Waals surface area contributed by atoms with Crippen LogP contribution in [0.1, 0.15) is 48.9 Å². The number of hydrogen-bond acceptors (Lipinski definition) is 3. The van der Waals surface area contributed by atoms with Gasteiger partial charge >= 0.3 is 0 Å². The Morgan fingerprint density at radius 1 is 1.03 bits per heavy atom. The number of amides is 1. The second kappa shape index (κ2) is 10.2. The van der Waals surface area contributed by atoms with Crippen LogP contribution >= 0.6 is 47.2 Å². The summed E-state index contributed by atoms with van der Waals surface area (Å²) in [5.74, 6) is -1.21. The van der Waals surface area contributed by atoms with E-state index in [1.807, 2.05) is 5.43 Å². The van der Waals surface area contributed by atoms with E-state index in [4.69, 9.17) is 48.5 Å². The summed E-state index contributed by atoms with van der Waals surface area (Å²) in [5.41, 5.74) is 3.02. The first-order valence-corrected chi connectivity index (χ1v) is 9.76. The first-order chi connectivity index (χ1) is 18.2. The fourth-order valence-corrected chi connectivity index (χ4v) is 3.54. The third-order valence-corrected chi connectivity index (χ3v) is 5.06. The minimum Gasteiger partial charge on any atom is -0.283 e. The van der Waals surface area contributed by atoms with Gasteiger partial charge in [-0.05, 0) is 50.0 Å². The van der Waals surface area contributed by atoms with Crippen LogP contribution in [0.3, 0.4) is 0 Å². The topological polar surface area (TPSA) is 50.2 Å². The number of carbonyl (C=O) groups excluding carboxylic acids is 1. The Morgan fingerprint density at radius 2 is 1.68 bits per heavy atom. The van der Waals surface area contributed by atoms with Gasteiger partial charge in [-0.15, -0.1) is 12.4 Å². The fourth-order valence-electron chi connectivity index (χ4n) is 2.92. The maximum absolute atomic E-state index is 13.5. The van der Waals surface area contributed by atoms with Gasteiger partial charge in [-0.3, -0.25) is 10.2 Å². The smallest absolute Gasteiger partial charge is 0.283 e. The maximum atomic E-state index is 13.5. The minimum absolute atomic E-state index is 0. The molecule has 1 fully saturated rings. The lowest BCUT2D eigenvalue weighted by atomic mass is 10.1. The molecule has 0 spiro atoms. The molecule has 0 radical (unpaired) electrons. The van der Waals surface area contributed by atoms with Crippen LogP contribution in [0.4, 0.5) is 0 Å². The van der Waals surface area contributed by atoms with Gasteiger partial charge in [-0.25, -0.2) is 9.69 Å². The lowest BCUT2D eigenvalue weighted by Gasteiger charge is -2.26. The predicted molar refractivity (Wildman–Crippen MR) is 129 cm³/mol. The molecule has 31 heavy (non-hydrogen) atoms. The van der Waals surface area contributed by atoms with Gasteiger partial charge in [0.25, 0.3) is 5.91 Å². The molecule has 9 heteroatoms. The molecule has 1 aliphatic heterocycles.